The summed E-state index contributed by atoms with van der Waals surface area (Å²) in [5, 5.41) is 9.34. The zero-order chi connectivity index (χ0) is 20.9. The highest BCUT2D eigenvalue weighted by Gasteiger charge is 2.27. The third-order valence-electron chi connectivity index (χ3n) is 5.65. The Morgan fingerprint density at radius 1 is 1.00 bits per heavy atom. The predicted octanol–water partition coefficient (Wildman–Crippen LogP) is 5.34. The number of aryl methyl sites for hydroxylation is 2. The van der Waals surface area contributed by atoms with Crippen LogP contribution in [0.3, 0.4) is 0 Å². The number of benzene rings is 2. The van der Waals surface area contributed by atoms with Gasteiger partial charge in [-0.25, -0.2) is 0 Å². The molecule has 30 heavy (non-hydrogen) atoms. The smallest absolute Gasteiger partial charge is 0.237 e. The van der Waals surface area contributed by atoms with Crippen LogP contribution in [0.4, 0.5) is 5.69 Å². The number of nitrogens with zero attached hydrogens (tertiary/aromatic N) is 4. The summed E-state index contributed by atoms with van der Waals surface area (Å²) in [6.07, 6.45) is 5.79. The van der Waals surface area contributed by atoms with E-state index < -0.39 is 0 Å². The fraction of sp³-hybridized carbons (Fsp3) is 0.375. The van der Waals surface area contributed by atoms with Gasteiger partial charge in [-0.05, 0) is 51.0 Å². The molecule has 2 aromatic carbocycles. The van der Waals surface area contributed by atoms with Crippen molar-refractivity contribution in [2.75, 3.05) is 10.7 Å². The Kier molecular flexibility index (Phi) is 6.53. The van der Waals surface area contributed by atoms with Gasteiger partial charge in [-0.1, -0.05) is 66.9 Å². The molecule has 0 bridgehead atoms. The van der Waals surface area contributed by atoms with Gasteiger partial charge in [0.25, 0.3) is 0 Å². The van der Waals surface area contributed by atoms with E-state index in [-0.39, 0.29) is 11.9 Å². The van der Waals surface area contributed by atoms with E-state index in [0.717, 1.165) is 35.2 Å². The average Bonchev–Trinajstić information content (AvgIpc) is 3.15. The number of carbonyl (C=O) groups excluding carboxylic acids is 1. The highest BCUT2D eigenvalue weighted by atomic mass is 32.2. The first-order chi connectivity index (χ1) is 14.6. The second kappa shape index (κ2) is 9.47. The van der Waals surface area contributed by atoms with Gasteiger partial charge in [0.05, 0.1) is 5.75 Å². The summed E-state index contributed by atoms with van der Waals surface area (Å²) in [4.78, 5) is 15.4. The molecule has 1 saturated carbocycles. The monoisotopic (exact) mass is 420 g/mol. The van der Waals surface area contributed by atoms with Crippen LogP contribution in [0.25, 0.3) is 5.69 Å². The molecular weight excluding hydrogens is 392 g/mol. The fourth-order valence-electron chi connectivity index (χ4n) is 4.11. The molecule has 0 unspecified atom stereocenters. The van der Waals surface area contributed by atoms with Gasteiger partial charge in [-0.3, -0.25) is 9.36 Å². The van der Waals surface area contributed by atoms with E-state index in [1.807, 2.05) is 46.7 Å². The summed E-state index contributed by atoms with van der Waals surface area (Å²) in [5.74, 6) is 1.30. The Morgan fingerprint density at radius 3 is 2.40 bits per heavy atom. The number of aromatic nitrogens is 3. The molecule has 3 aromatic rings. The number of thioether (sulfide) groups is 1. The van der Waals surface area contributed by atoms with Crippen LogP contribution in [0.15, 0.2) is 59.8 Å². The number of rotatable bonds is 6. The molecule has 1 aliphatic carbocycles. The quantitative estimate of drug-likeness (QED) is 0.505. The van der Waals surface area contributed by atoms with Gasteiger partial charge in [-0.2, -0.15) is 0 Å². The minimum Gasteiger partial charge on any atom is -0.309 e. The van der Waals surface area contributed by atoms with Crippen LogP contribution >= 0.6 is 11.8 Å². The van der Waals surface area contributed by atoms with E-state index in [2.05, 4.69) is 41.4 Å². The molecule has 0 radical (unpaired) electrons. The molecule has 5 nitrogen and oxygen atoms in total. The second-order valence-electron chi connectivity index (χ2n) is 7.88. The second-order valence-corrected chi connectivity index (χ2v) is 8.82. The maximum atomic E-state index is 13.4. The lowest BCUT2D eigenvalue weighted by Gasteiger charge is -2.34. The zero-order valence-corrected chi connectivity index (χ0v) is 18.4. The first-order valence-corrected chi connectivity index (χ1v) is 11.6. The molecule has 1 heterocycles. The summed E-state index contributed by atoms with van der Waals surface area (Å²) < 4.78 is 2.02. The Balaban J connectivity index is 1.53. The molecule has 1 amide bonds. The van der Waals surface area contributed by atoms with Crippen molar-refractivity contribution < 1.29 is 4.79 Å². The summed E-state index contributed by atoms with van der Waals surface area (Å²) >= 11 is 1.46. The molecule has 0 saturated heterocycles. The van der Waals surface area contributed by atoms with Crippen molar-refractivity contribution in [2.45, 2.75) is 57.1 Å². The molecule has 6 heteroatoms. The third-order valence-corrected chi connectivity index (χ3v) is 6.57. The number of amides is 1. The Labute approximate surface area is 182 Å². The molecule has 0 spiro atoms. The van der Waals surface area contributed by atoms with Crippen LogP contribution in [0.1, 0.15) is 43.5 Å². The molecule has 0 atom stereocenters. The lowest BCUT2D eigenvalue weighted by atomic mass is 9.93. The molecule has 0 aliphatic heterocycles. The van der Waals surface area contributed by atoms with Crippen LogP contribution < -0.4 is 4.90 Å². The van der Waals surface area contributed by atoms with Gasteiger partial charge < -0.3 is 4.90 Å². The SMILES string of the molecule is Cc1ccc(-n2c(C)nnc2SCC(=O)N(c2ccccc2)C2CCCCC2)cc1. The summed E-state index contributed by atoms with van der Waals surface area (Å²) in [6.45, 7) is 4.01. The van der Waals surface area contributed by atoms with E-state index in [1.165, 1.54) is 36.6 Å². The van der Waals surface area contributed by atoms with Crippen molar-refractivity contribution in [2.24, 2.45) is 0 Å². The first kappa shape index (κ1) is 20.7. The van der Waals surface area contributed by atoms with Crippen LogP contribution in [-0.4, -0.2) is 32.5 Å². The van der Waals surface area contributed by atoms with E-state index in [4.69, 9.17) is 0 Å². The van der Waals surface area contributed by atoms with Crippen LogP contribution in [-0.2, 0) is 4.79 Å². The van der Waals surface area contributed by atoms with Crippen molar-refractivity contribution in [1.29, 1.82) is 0 Å². The number of para-hydroxylation sites is 1. The topological polar surface area (TPSA) is 51.0 Å². The van der Waals surface area contributed by atoms with E-state index in [0.29, 0.717) is 5.75 Å². The lowest BCUT2D eigenvalue weighted by Crippen LogP contribution is -2.42. The van der Waals surface area contributed by atoms with Crippen LogP contribution in [0.5, 0.6) is 0 Å². The first-order valence-electron chi connectivity index (χ1n) is 10.6. The highest BCUT2D eigenvalue weighted by molar-refractivity contribution is 7.99. The molecule has 156 valence electrons. The van der Waals surface area contributed by atoms with Crippen LogP contribution in [0, 0.1) is 13.8 Å². The fourth-order valence-corrected chi connectivity index (χ4v) is 4.97. The van der Waals surface area contributed by atoms with Gasteiger partial charge in [-0.15, -0.1) is 10.2 Å². The average molecular weight is 421 g/mol. The largest absolute Gasteiger partial charge is 0.309 e. The molecule has 4 rings (SSSR count). The zero-order valence-electron chi connectivity index (χ0n) is 17.6. The maximum absolute atomic E-state index is 13.4. The van der Waals surface area contributed by atoms with E-state index >= 15 is 0 Å². The van der Waals surface area contributed by atoms with Gasteiger partial charge in [0.2, 0.25) is 5.91 Å². The summed E-state index contributed by atoms with van der Waals surface area (Å²) in [5.41, 5.74) is 3.22. The summed E-state index contributed by atoms with van der Waals surface area (Å²) in [7, 11) is 0. The van der Waals surface area contributed by atoms with Gasteiger partial charge in [0.15, 0.2) is 5.16 Å². The molecule has 0 N–H and O–H groups in total. The Morgan fingerprint density at radius 2 is 1.70 bits per heavy atom. The predicted molar refractivity (Wildman–Crippen MR) is 122 cm³/mol. The van der Waals surface area contributed by atoms with Gasteiger partial charge in [0, 0.05) is 17.4 Å². The number of anilines is 1. The minimum atomic E-state index is 0.134. The van der Waals surface area contributed by atoms with Crippen molar-refractivity contribution >= 4 is 23.4 Å². The van der Waals surface area contributed by atoms with Gasteiger partial charge >= 0.3 is 0 Å². The third kappa shape index (κ3) is 4.59. The van der Waals surface area contributed by atoms with E-state index in [9.17, 15) is 4.79 Å². The Bertz CT molecular complexity index is 978. The lowest BCUT2D eigenvalue weighted by molar-refractivity contribution is -0.116. The Hall–Kier alpha value is -2.60. The molecule has 1 fully saturated rings. The molecule has 1 aromatic heterocycles. The minimum absolute atomic E-state index is 0.134. The van der Waals surface area contributed by atoms with Crippen molar-refractivity contribution in [3.05, 3.63) is 66.0 Å². The van der Waals surface area contributed by atoms with Crippen molar-refractivity contribution in [3.8, 4) is 5.69 Å². The number of carbonyl (C=O) groups is 1. The van der Waals surface area contributed by atoms with Crippen molar-refractivity contribution in [3.63, 3.8) is 0 Å². The highest BCUT2D eigenvalue weighted by Crippen LogP contribution is 2.29. The molecule has 1 aliphatic rings. The normalized spacial score (nSPS) is 14.6. The van der Waals surface area contributed by atoms with Gasteiger partial charge in [0.1, 0.15) is 5.82 Å². The maximum Gasteiger partial charge on any atom is 0.237 e. The molecular formula is C24H28N4OS. The summed E-state index contributed by atoms with van der Waals surface area (Å²) in [6, 6.07) is 18.6. The van der Waals surface area contributed by atoms with Crippen LogP contribution in [0.2, 0.25) is 0 Å². The van der Waals surface area contributed by atoms with E-state index in [1.54, 1.807) is 0 Å². The number of hydrogen-bond acceptors (Lipinski definition) is 4. The van der Waals surface area contributed by atoms with Crippen molar-refractivity contribution in [1.82, 2.24) is 14.8 Å². The standard InChI is InChI=1S/C24H28N4OS/c1-18-13-15-22(16-14-18)27-19(2)25-26-24(27)30-17-23(29)28(20-9-5-3-6-10-20)21-11-7-4-8-12-21/h3,5-6,9-10,13-16,21H,4,7-8,11-12,17H2,1-2H3. The number of hydrogen-bond donors (Lipinski definition) is 0.